The normalized spacial score (nSPS) is 12.2. The van der Waals surface area contributed by atoms with Crippen LogP contribution >= 0.6 is 11.3 Å². The first-order valence-electron chi connectivity index (χ1n) is 17.7. The van der Waals surface area contributed by atoms with Gasteiger partial charge in [0.05, 0.1) is 22.1 Å². The van der Waals surface area contributed by atoms with Gasteiger partial charge in [0, 0.05) is 69.9 Å². The number of benzene rings is 8. The molecular weight excluding hydrogens is 653 g/mol. The van der Waals surface area contributed by atoms with E-state index in [2.05, 4.69) is 179 Å². The molecule has 0 saturated heterocycles. The Balaban J connectivity index is 1.05. The van der Waals surface area contributed by atoms with Gasteiger partial charge in [0.2, 0.25) is 0 Å². The van der Waals surface area contributed by atoms with Crippen molar-refractivity contribution < 1.29 is 4.42 Å². The summed E-state index contributed by atoms with van der Waals surface area (Å²) in [6, 6.07) is 61.7. The number of furan rings is 1. The van der Waals surface area contributed by atoms with Crippen molar-refractivity contribution in [3.63, 3.8) is 0 Å². The molecule has 8 aromatic carbocycles. The Kier molecular flexibility index (Phi) is 5.65. The molecule has 12 aromatic rings. The van der Waals surface area contributed by atoms with Gasteiger partial charge < -0.3 is 13.6 Å². The molecule has 0 saturated carbocycles. The Hall–Kier alpha value is -6.62. The Morgan fingerprint density at radius 3 is 1.73 bits per heavy atom. The number of aromatic nitrogens is 2. The average molecular weight is 681 g/mol. The fourth-order valence-corrected chi connectivity index (χ4v) is 9.64. The van der Waals surface area contributed by atoms with Crippen LogP contribution < -0.4 is 0 Å². The fourth-order valence-electron chi connectivity index (χ4n) is 8.56. The van der Waals surface area contributed by atoms with Crippen LogP contribution in [0.3, 0.4) is 0 Å². The zero-order valence-electron chi connectivity index (χ0n) is 27.9. The Bertz CT molecular complexity index is 3410. The van der Waals surface area contributed by atoms with E-state index < -0.39 is 0 Å². The molecule has 0 amide bonds. The maximum absolute atomic E-state index is 6.62. The van der Waals surface area contributed by atoms with Gasteiger partial charge >= 0.3 is 0 Å². The molecule has 52 heavy (non-hydrogen) atoms. The second kappa shape index (κ2) is 10.5. The van der Waals surface area contributed by atoms with E-state index in [1.54, 1.807) is 0 Å². The molecule has 0 aliphatic heterocycles. The van der Waals surface area contributed by atoms with Crippen LogP contribution in [0.2, 0.25) is 0 Å². The molecule has 242 valence electrons. The minimum Gasteiger partial charge on any atom is -0.456 e. The summed E-state index contributed by atoms with van der Waals surface area (Å²) in [5.74, 6) is 0. The summed E-state index contributed by atoms with van der Waals surface area (Å²) < 4.78 is 14.0. The summed E-state index contributed by atoms with van der Waals surface area (Å²) >= 11 is 1.85. The number of fused-ring (bicyclic) bond motifs is 12. The van der Waals surface area contributed by atoms with E-state index in [-0.39, 0.29) is 0 Å². The summed E-state index contributed by atoms with van der Waals surface area (Å²) in [7, 11) is 0. The first kappa shape index (κ1) is 28.1. The fraction of sp³-hybridized carbons (Fsp3) is 0. The monoisotopic (exact) mass is 680 g/mol. The van der Waals surface area contributed by atoms with Crippen molar-refractivity contribution in [2.45, 2.75) is 0 Å². The van der Waals surface area contributed by atoms with Gasteiger partial charge in [-0.15, -0.1) is 11.3 Å². The van der Waals surface area contributed by atoms with Crippen LogP contribution in [0.25, 0.3) is 108 Å². The van der Waals surface area contributed by atoms with E-state index in [0.717, 1.165) is 33.1 Å². The largest absolute Gasteiger partial charge is 0.456 e. The van der Waals surface area contributed by atoms with E-state index in [1.807, 2.05) is 11.3 Å². The second-order valence-electron chi connectivity index (χ2n) is 13.7. The third-order valence-corrected chi connectivity index (χ3v) is 12.1. The highest BCUT2D eigenvalue weighted by atomic mass is 32.1. The van der Waals surface area contributed by atoms with Crippen LogP contribution in [0.15, 0.2) is 174 Å². The summed E-state index contributed by atoms with van der Waals surface area (Å²) in [5.41, 5.74) is 11.2. The lowest BCUT2D eigenvalue weighted by Gasteiger charge is -2.08. The zero-order valence-corrected chi connectivity index (χ0v) is 28.7. The highest BCUT2D eigenvalue weighted by Gasteiger charge is 2.18. The molecule has 0 bridgehead atoms. The number of para-hydroxylation sites is 3. The zero-order chi connectivity index (χ0) is 33.9. The quantitative estimate of drug-likeness (QED) is 0.182. The number of nitrogens with zero attached hydrogens (tertiary/aromatic N) is 2. The van der Waals surface area contributed by atoms with Crippen molar-refractivity contribution in [2.75, 3.05) is 0 Å². The molecule has 0 aliphatic rings. The molecule has 3 nitrogen and oxygen atoms in total. The van der Waals surface area contributed by atoms with Crippen molar-refractivity contribution >= 4 is 97.1 Å². The number of hydrogen-bond donors (Lipinski definition) is 0. The molecule has 4 heterocycles. The van der Waals surface area contributed by atoms with Gasteiger partial charge in [-0.1, -0.05) is 84.9 Å². The molecule has 12 rings (SSSR count). The summed E-state index contributed by atoms with van der Waals surface area (Å²) in [6.45, 7) is 0. The number of thiophene rings is 1. The molecular formula is C48H28N2OS. The predicted molar refractivity (Wildman–Crippen MR) is 221 cm³/mol. The van der Waals surface area contributed by atoms with Gasteiger partial charge in [-0.3, -0.25) is 0 Å². The molecule has 0 spiro atoms. The topological polar surface area (TPSA) is 23.0 Å². The van der Waals surface area contributed by atoms with Crippen molar-refractivity contribution in [2.24, 2.45) is 0 Å². The molecule has 0 radical (unpaired) electrons. The van der Waals surface area contributed by atoms with Crippen LogP contribution in [-0.4, -0.2) is 9.13 Å². The van der Waals surface area contributed by atoms with E-state index in [1.165, 1.54) is 75.1 Å². The minimum absolute atomic E-state index is 0.896. The van der Waals surface area contributed by atoms with Gasteiger partial charge in [0.25, 0.3) is 0 Å². The summed E-state index contributed by atoms with van der Waals surface area (Å²) in [4.78, 5) is 0. The van der Waals surface area contributed by atoms with E-state index >= 15 is 0 Å². The SMILES string of the molecule is c1ccc(-n2c3ccccc3c3cc(-c4ccc5oc6cc7c(cc6c5c4)c4ccccc4n7-c4ccc5sc6ccccc6c5c4)ccc32)cc1. The Morgan fingerprint density at radius 2 is 0.923 bits per heavy atom. The van der Waals surface area contributed by atoms with Gasteiger partial charge in [0.1, 0.15) is 11.2 Å². The van der Waals surface area contributed by atoms with E-state index in [0.29, 0.717) is 0 Å². The summed E-state index contributed by atoms with van der Waals surface area (Å²) in [6.07, 6.45) is 0. The number of rotatable bonds is 3. The summed E-state index contributed by atoms with van der Waals surface area (Å²) in [5, 5.41) is 9.82. The molecule has 0 fully saturated rings. The molecule has 0 atom stereocenters. The molecule has 0 N–H and O–H groups in total. The second-order valence-corrected chi connectivity index (χ2v) is 14.8. The average Bonchev–Trinajstić information content (AvgIpc) is 3.94. The van der Waals surface area contributed by atoms with Crippen LogP contribution in [-0.2, 0) is 0 Å². The van der Waals surface area contributed by atoms with Crippen molar-refractivity contribution in [1.29, 1.82) is 0 Å². The van der Waals surface area contributed by atoms with Crippen molar-refractivity contribution in [3.05, 3.63) is 170 Å². The van der Waals surface area contributed by atoms with Crippen LogP contribution in [0.1, 0.15) is 0 Å². The Labute approximate surface area is 301 Å². The highest BCUT2D eigenvalue weighted by Crippen LogP contribution is 2.42. The lowest BCUT2D eigenvalue weighted by molar-refractivity contribution is 0.669. The number of hydrogen-bond acceptors (Lipinski definition) is 2. The van der Waals surface area contributed by atoms with Gasteiger partial charge in [0.15, 0.2) is 0 Å². The van der Waals surface area contributed by atoms with Crippen LogP contribution in [0.5, 0.6) is 0 Å². The lowest BCUT2D eigenvalue weighted by atomic mass is 10.00. The highest BCUT2D eigenvalue weighted by molar-refractivity contribution is 7.25. The minimum atomic E-state index is 0.896. The molecule has 4 aromatic heterocycles. The van der Waals surface area contributed by atoms with Crippen LogP contribution in [0, 0.1) is 0 Å². The van der Waals surface area contributed by atoms with Gasteiger partial charge in [-0.25, -0.2) is 0 Å². The van der Waals surface area contributed by atoms with Crippen molar-refractivity contribution in [3.8, 4) is 22.5 Å². The maximum Gasteiger partial charge on any atom is 0.137 e. The third-order valence-electron chi connectivity index (χ3n) is 10.9. The molecule has 4 heteroatoms. The van der Waals surface area contributed by atoms with Gasteiger partial charge in [-0.05, 0) is 90.0 Å². The first-order valence-corrected chi connectivity index (χ1v) is 18.5. The van der Waals surface area contributed by atoms with E-state index in [4.69, 9.17) is 4.42 Å². The standard InChI is InChI=1S/C48H28N2OS/c1-2-10-31(11-3-1)49-41-15-7-4-12-33(41)36-24-29(18-21-43(36)49)30-19-22-45-38(25-30)39-27-37-34-13-5-8-16-42(34)50(44(37)28-46(39)51-45)32-20-23-48-40(26-32)35-14-6-9-17-47(35)52-48/h1-28H. The van der Waals surface area contributed by atoms with Gasteiger partial charge in [-0.2, -0.15) is 0 Å². The van der Waals surface area contributed by atoms with Crippen LogP contribution in [0.4, 0.5) is 0 Å². The first-order chi connectivity index (χ1) is 25.8. The lowest BCUT2D eigenvalue weighted by Crippen LogP contribution is -1.93. The smallest absolute Gasteiger partial charge is 0.137 e. The molecule has 0 aliphatic carbocycles. The maximum atomic E-state index is 6.62. The third kappa shape index (κ3) is 3.90. The van der Waals surface area contributed by atoms with E-state index in [9.17, 15) is 0 Å². The van der Waals surface area contributed by atoms with Crippen molar-refractivity contribution in [1.82, 2.24) is 9.13 Å². The Morgan fingerprint density at radius 1 is 0.327 bits per heavy atom. The predicted octanol–water partition coefficient (Wildman–Crippen LogP) is 13.8. The molecule has 0 unspecified atom stereocenters.